The van der Waals surface area contributed by atoms with Crippen LogP contribution in [0.25, 0.3) is 22.5 Å². The van der Waals surface area contributed by atoms with Crippen LogP contribution >= 0.6 is 0 Å². The maximum absolute atomic E-state index is 5.96. The summed E-state index contributed by atoms with van der Waals surface area (Å²) in [6, 6.07) is 26.2. The topological polar surface area (TPSA) is 44.2 Å². The fraction of sp³-hybridized carbons (Fsp3) is 0.290. The Labute approximate surface area is 209 Å². The van der Waals surface area contributed by atoms with Gasteiger partial charge in [0, 0.05) is 23.5 Å². The standard InChI is InChI=1S/C31H34N2O2/c1-2-3-4-5-6-10-20-34-29-18-16-26(17-19-29)31-32-22-28(23-33-31)27-14-11-15-30(21-27)35-24-25-12-8-7-9-13-25/h7-9,11-19,21-23H,2-6,10,20,24H2,1H3. The second-order valence-electron chi connectivity index (χ2n) is 8.74. The molecule has 0 aliphatic carbocycles. The minimum absolute atomic E-state index is 0.540. The number of nitrogens with zero attached hydrogens (tertiary/aromatic N) is 2. The summed E-state index contributed by atoms with van der Waals surface area (Å²) in [5.41, 5.74) is 4.10. The zero-order valence-corrected chi connectivity index (χ0v) is 20.5. The van der Waals surface area contributed by atoms with E-state index in [1.165, 1.54) is 32.1 Å². The van der Waals surface area contributed by atoms with E-state index in [1.807, 2.05) is 79.1 Å². The lowest BCUT2D eigenvalue weighted by atomic mass is 10.1. The first-order chi connectivity index (χ1) is 17.3. The molecule has 0 N–H and O–H groups in total. The number of unbranched alkanes of at least 4 members (excludes halogenated alkanes) is 5. The summed E-state index contributed by atoms with van der Waals surface area (Å²) in [4.78, 5) is 9.19. The summed E-state index contributed by atoms with van der Waals surface area (Å²) >= 11 is 0. The molecule has 0 saturated heterocycles. The SMILES string of the molecule is CCCCCCCCOc1ccc(-c2ncc(-c3cccc(OCc4ccccc4)c3)cn2)cc1. The van der Waals surface area contributed by atoms with Crippen LogP contribution in [0.15, 0.2) is 91.3 Å². The Morgan fingerprint density at radius 1 is 0.600 bits per heavy atom. The molecule has 0 radical (unpaired) electrons. The molecule has 0 atom stereocenters. The second-order valence-corrected chi connectivity index (χ2v) is 8.74. The third-order valence-corrected chi connectivity index (χ3v) is 5.95. The van der Waals surface area contributed by atoms with Crippen LogP contribution in [0.5, 0.6) is 11.5 Å². The largest absolute Gasteiger partial charge is 0.494 e. The molecule has 4 aromatic rings. The summed E-state index contributed by atoms with van der Waals surface area (Å²) in [5.74, 6) is 2.42. The molecule has 0 bridgehead atoms. The number of rotatable bonds is 13. The molecule has 180 valence electrons. The van der Waals surface area contributed by atoms with Crippen LogP contribution in [-0.4, -0.2) is 16.6 Å². The molecule has 4 nitrogen and oxygen atoms in total. The predicted molar refractivity (Wildman–Crippen MR) is 143 cm³/mol. The molecule has 4 heteroatoms. The number of hydrogen-bond donors (Lipinski definition) is 0. The van der Waals surface area contributed by atoms with Crippen molar-refractivity contribution in [1.29, 1.82) is 0 Å². The lowest BCUT2D eigenvalue weighted by molar-refractivity contribution is 0.304. The highest BCUT2D eigenvalue weighted by atomic mass is 16.5. The monoisotopic (exact) mass is 466 g/mol. The molecule has 35 heavy (non-hydrogen) atoms. The van der Waals surface area contributed by atoms with E-state index in [2.05, 4.69) is 29.0 Å². The summed E-state index contributed by atoms with van der Waals surface area (Å²) in [6.07, 6.45) is 11.3. The van der Waals surface area contributed by atoms with Gasteiger partial charge in [-0.3, -0.25) is 0 Å². The van der Waals surface area contributed by atoms with Crippen LogP contribution in [0.1, 0.15) is 51.0 Å². The predicted octanol–water partition coefficient (Wildman–Crippen LogP) is 8.13. The molecule has 1 heterocycles. The van der Waals surface area contributed by atoms with Gasteiger partial charge in [-0.25, -0.2) is 9.97 Å². The van der Waals surface area contributed by atoms with E-state index in [9.17, 15) is 0 Å². The summed E-state index contributed by atoms with van der Waals surface area (Å²) in [5, 5.41) is 0. The third-order valence-electron chi connectivity index (χ3n) is 5.95. The van der Waals surface area contributed by atoms with Crippen molar-refractivity contribution < 1.29 is 9.47 Å². The van der Waals surface area contributed by atoms with Gasteiger partial charge in [0.05, 0.1) is 6.61 Å². The number of aromatic nitrogens is 2. The third kappa shape index (κ3) is 7.68. The Hall–Kier alpha value is -3.66. The van der Waals surface area contributed by atoms with Gasteiger partial charge in [-0.2, -0.15) is 0 Å². The van der Waals surface area contributed by atoms with Gasteiger partial charge < -0.3 is 9.47 Å². The maximum Gasteiger partial charge on any atom is 0.159 e. The molecule has 4 rings (SSSR count). The fourth-order valence-corrected chi connectivity index (χ4v) is 3.91. The fourth-order valence-electron chi connectivity index (χ4n) is 3.91. The maximum atomic E-state index is 5.96. The van der Waals surface area contributed by atoms with E-state index in [1.54, 1.807) is 0 Å². The zero-order valence-electron chi connectivity index (χ0n) is 20.5. The lowest BCUT2D eigenvalue weighted by Gasteiger charge is -2.09. The molecule has 1 aromatic heterocycles. The van der Waals surface area contributed by atoms with Crippen LogP contribution in [0.3, 0.4) is 0 Å². The van der Waals surface area contributed by atoms with E-state index in [0.717, 1.165) is 46.8 Å². The average molecular weight is 467 g/mol. The van der Waals surface area contributed by atoms with Crippen LogP contribution in [0.4, 0.5) is 0 Å². The van der Waals surface area contributed by atoms with E-state index in [-0.39, 0.29) is 0 Å². The van der Waals surface area contributed by atoms with Crippen molar-refractivity contribution in [2.75, 3.05) is 6.61 Å². The Bertz CT molecular complexity index is 1140. The van der Waals surface area contributed by atoms with Gasteiger partial charge in [0.25, 0.3) is 0 Å². The lowest BCUT2D eigenvalue weighted by Crippen LogP contribution is -1.97. The van der Waals surface area contributed by atoms with Crippen molar-refractivity contribution in [3.63, 3.8) is 0 Å². The molecule has 3 aromatic carbocycles. The van der Waals surface area contributed by atoms with Crippen molar-refractivity contribution >= 4 is 0 Å². The highest BCUT2D eigenvalue weighted by molar-refractivity contribution is 5.65. The van der Waals surface area contributed by atoms with Crippen molar-refractivity contribution in [2.24, 2.45) is 0 Å². The molecule has 0 aliphatic rings. The van der Waals surface area contributed by atoms with Crippen LogP contribution in [0, 0.1) is 0 Å². The first-order valence-electron chi connectivity index (χ1n) is 12.6. The van der Waals surface area contributed by atoms with Gasteiger partial charge in [-0.1, -0.05) is 81.5 Å². The normalized spacial score (nSPS) is 10.8. The van der Waals surface area contributed by atoms with Gasteiger partial charge in [-0.05, 0) is 53.9 Å². The molecular weight excluding hydrogens is 432 g/mol. The van der Waals surface area contributed by atoms with Crippen LogP contribution in [0.2, 0.25) is 0 Å². The Morgan fingerprint density at radius 3 is 2.11 bits per heavy atom. The van der Waals surface area contributed by atoms with Crippen molar-refractivity contribution in [3.05, 3.63) is 96.8 Å². The Kier molecular flexibility index (Phi) is 9.29. The van der Waals surface area contributed by atoms with Crippen LogP contribution in [-0.2, 0) is 6.61 Å². The molecule has 0 unspecified atom stereocenters. The van der Waals surface area contributed by atoms with E-state index in [0.29, 0.717) is 12.4 Å². The van der Waals surface area contributed by atoms with Gasteiger partial charge >= 0.3 is 0 Å². The molecule has 0 spiro atoms. The molecule has 0 amide bonds. The quantitative estimate of drug-likeness (QED) is 0.187. The summed E-state index contributed by atoms with van der Waals surface area (Å²) in [7, 11) is 0. The molecule has 0 saturated carbocycles. The summed E-state index contributed by atoms with van der Waals surface area (Å²) in [6.45, 7) is 3.55. The van der Waals surface area contributed by atoms with E-state index < -0.39 is 0 Å². The highest BCUT2D eigenvalue weighted by Crippen LogP contribution is 2.25. The number of benzene rings is 3. The molecular formula is C31H34N2O2. The smallest absolute Gasteiger partial charge is 0.159 e. The van der Waals surface area contributed by atoms with Crippen LogP contribution < -0.4 is 9.47 Å². The first-order valence-corrected chi connectivity index (χ1v) is 12.6. The average Bonchev–Trinajstić information content (AvgIpc) is 2.93. The van der Waals surface area contributed by atoms with Gasteiger partial charge in [0.1, 0.15) is 18.1 Å². The second kappa shape index (κ2) is 13.3. The van der Waals surface area contributed by atoms with Gasteiger partial charge in [0.2, 0.25) is 0 Å². The van der Waals surface area contributed by atoms with Gasteiger partial charge in [-0.15, -0.1) is 0 Å². The van der Waals surface area contributed by atoms with E-state index in [4.69, 9.17) is 9.47 Å². The molecule has 0 aliphatic heterocycles. The Morgan fingerprint density at radius 2 is 1.34 bits per heavy atom. The van der Waals surface area contributed by atoms with Crippen molar-refractivity contribution in [2.45, 2.75) is 52.1 Å². The molecule has 0 fully saturated rings. The highest BCUT2D eigenvalue weighted by Gasteiger charge is 2.06. The van der Waals surface area contributed by atoms with E-state index >= 15 is 0 Å². The first kappa shape index (κ1) is 24.5. The van der Waals surface area contributed by atoms with Gasteiger partial charge in [0.15, 0.2) is 5.82 Å². The minimum Gasteiger partial charge on any atom is -0.494 e. The number of hydrogen-bond acceptors (Lipinski definition) is 4. The van der Waals surface area contributed by atoms with Crippen molar-refractivity contribution in [1.82, 2.24) is 9.97 Å². The Balaban J connectivity index is 1.30. The number of ether oxygens (including phenoxy) is 2. The summed E-state index contributed by atoms with van der Waals surface area (Å²) < 4.78 is 11.8. The van der Waals surface area contributed by atoms with Crippen molar-refractivity contribution in [3.8, 4) is 34.0 Å². The zero-order chi connectivity index (χ0) is 24.1. The minimum atomic E-state index is 0.540.